The Morgan fingerprint density at radius 1 is 0.696 bits per heavy atom. The molecular formula is C21H21OP. The Kier molecular flexibility index (Phi) is 4.91. The Hall–Kier alpha value is -1.95. The monoisotopic (exact) mass is 320 g/mol. The van der Waals surface area contributed by atoms with Crippen molar-refractivity contribution in [3.8, 4) is 0 Å². The summed E-state index contributed by atoms with van der Waals surface area (Å²) < 4.78 is 0. The first-order valence-corrected chi connectivity index (χ1v) is 9.77. The van der Waals surface area contributed by atoms with Gasteiger partial charge in [0.25, 0.3) is 0 Å². The van der Waals surface area contributed by atoms with Crippen molar-refractivity contribution in [2.24, 2.45) is 0 Å². The molecule has 0 radical (unpaired) electrons. The summed E-state index contributed by atoms with van der Waals surface area (Å²) in [7, 11) is -0.461. The highest BCUT2D eigenvalue weighted by atomic mass is 31.1. The van der Waals surface area contributed by atoms with Crippen molar-refractivity contribution in [1.29, 1.82) is 0 Å². The van der Waals surface area contributed by atoms with Crippen LogP contribution in [0, 0.1) is 0 Å². The van der Waals surface area contributed by atoms with Crippen molar-refractivity contribution in [3.05, 3.63) is 102 Å². The van der Waals surface area contributed by atoms with Crippen LogP contribution in [0.1, 0.15) is 11.1 Å². The Balaban J connectivity index is 2.00. The lowest BCUT2D eigenvalue weighted by Crippen LogP contribution is -2.32. The third-order valence-corrected chi connectivity index (χ3v) is 6.28. The highest BCUT2D eigenvalue weighted by Crippen LogP contribution is 2.41. The zero-order chi connectivity index (χ0) is 16.1. The second kappa shape index (κ2) is 7.08. The van der Waals surface area contributed by atoms with Crippen LogP contribution in [0.4, 0.5) is 0 Å². The maximum atomic E-state index is 11.6. The molecule has 1 atom stereocenters. The van der Waals surface area contributed by atoms with Gasteiger partial charge in [0.05, 0.1) is 0 Å². The summed E-state index contributed by atoms with van der Waals surface area (Å²) in [6.07, 6.45) is 0.709. The topological polar surface area (TPSA) is 20.2 Å². The quantitative estimate of drug-likeness (QED) is 0.693. The maximum Gasteiger partial charge on any atom is 0.119 e. The highest BCUT2D eigenvalue weighted by Gasteiger charge is 2.33. The third-order valence-electron chi connectivity index (χ3n) is 4.17. The Morgan fingerprint density at radius 2 is 1.09 bits per heavy atom. The van der Waals surface area contributed by atoms with E-state index in [2.05, 4.69) is 30.9 Å². The van der Waals surface area contributed by atoms with Gasteiger partial charge in [-0.05, 0) is 23.1 Å². The van der Waals surface area contributed by atoms with E-state index >= 15 is 0 Å². The number of rotatable bonds is 5. The van der Waals surface area contributed by atoms with Crippen LogP contribution in [0.2, 0.25) is 0 Å². The van der Waals surface area contributed by atoms with E-state index in [9.17, 15) is 5.11 Å². The molecule has 0 aromatic heterocycles. The smallest absolute Gasteiger partial charge is 0.119 e. The average Bonchev–Trinajstić information content (AvgIpc) is 2.64. The fourth-order valence-corrected chi connectivity index (χ4v) is 4.81. The molecule has 3 aromatic rings. The predicted molar refractivity (Wildman–Crippen MR) is 99.7 cm³/mol. The van der Waals surface area contributed by atoms with Gasteiger partial charge in [0.15, 0.2) is 0 Å². The fraction of sp³-hybridized carbons (Fsp3) is 0.143. The molecule has 0 aliphatic heterocycles. The van der Waals surface area contributed by atoms with Gasteiger partial charge in [0.2, 0.25) is 0 Å². The Labute approximate surface area is 139 Å². The molecule has 1 unspecified atom stereocenters. The van der Waals surface area contributed by atoms with Gasteiger partial charge in [-0.2, -0.15) is 0 Å². The van der Waals surface area contributed by atoms with Crippen molar-refractivity contribution < 1.29 is 5.11 Å². The molecule has 3 rings (SSSR count). The van der Waals surface area contributed by atoms with E-state index in [1.165, 1.54) is 5.30 Å². The summed E-state index contributed by atoms with van der Waals surface area (Å²) in [4.78, 5) is 0. The molecule has 116 valence electrons. The van der Waals surface area contributed by atoms with Gasteiger partial charge in [-0.1, -0.05) is 98.9 Å². The molecule has 0 aliphatic rings. The average molecular weight is 320 g/mol. The lowest BCUT2D eigenvalue weighted by molar-refractivity contribution is 0.107. The van der Waals surface area contributed by atoms with Gasteiger partial charge in [0, 0.05) is 6.16 Å². The second-order valence-corrected chi connectivity index (χ2v) is 8.01. The fourth-order valence-electron chi connectivity index (χ4n) is 2.89. The molecule has 0 saturated carbocycles. The Morgan fingerprint density at radius 3 is 1.52 bits per heavy atom. The van der Waals surface area contributed by atoms with Crippen molar-refractivity contribution in [2.75, 3.05) is 12.8 Å². The van der Waals surface area contributed by atoms with Crippen LogP contribution in [-0.4, -0.2) is 17.9 Å². The van der Waals surface area contributed by atoms with E-state index in [1.807, 2.05) is 66.7 Å². The van der Waals surface area contributed by atoms with Gasteiger partial charge < -0.3 is 5.11 Å². The van der Waals surface area contributed by atoms with Crippen molar-refractivity contribution in [2.45, 2.75) is 5.60 Å². The molecule has 0 heterocycles. The minimum Gasteiger partial charge on any atom is -0.380 e. The lowest BCUT2D eigenvalue weighted by Gasteiger charge is -2.32. The first-order valence-electron chi connectivity index (χ1n) is 7.80. The second-order valence-electron chi connectivity index (χ2n) is 5.78. The summed E-state index contributed by atoms with van der Waals surface area (Å²) in [5, 5.41) is 12.9. The summed E-state index contributed by atoms with van der Waals surface area (Å²) in [6.45, 7) is 2.24. The largest absolute Gasteiger partial charge is 0.380 e. The van der Waals surface area contributed by atoms with Crippen LogP contribution in [-0.2, 0) is 5.60 Å². The number of hydrogen-bond donors (Lipinski definition) is 1. The molecule has 0 spiro atoms. The normalized spacial score (nSPS) is 12.8. The molecular weight excluding hydrogens is 299 g/mol. The van der Waals surface area contributed by atoms with Gasteiger partial charge in [-0.3, -0.25) is 0 Å². The van der Waals surface area contributed by atoms with Crippen LogP contribution in [0.25, 0.3) is 0 Å². The van der Waals surface area contributed by atoms with Crippen LogP contribution in [0.3, 0.4) is 0 Å². The van der Waals surface area contributed by atoms with Crippen LogP contribution >= 0.6 is 7.92 Å². The van der Waals surface area contributed by atoms with Crippen molar-refractivity contribution >= 4 is 13.2 Å². The standard InChI is InChI=1S/C21H21OP/c1-23(20-15-9-4-10-16-20)17-21(22,18-11-5-2-6-12-18)19-13-7-3-8-14-19/h2-16,22H,17H2,1H3. The highest BCUT2D eigenvalue weighted by molar-refractivity contribution is 7.64. The van der Waals surface area contributed by atoms with Gasteiger partial charge in [0.1, 0.15) is 5.60 Å². The van der Waals surface area contributed by atoms with E-state index in [4.69, 9.17) is 0 Å². The SMILES string of the molecule is CP(CC(O)(c1ccccc1)c1ccccc1)c1ccccc1. The van der Waals surface area contributed by atoms with Gasteiger partial charge >= 0.3 is 0 Å². The molecule has 1 N–H and O–H groups in total. The minimum atomic E-state index is -0.960. The van der Waals surface area contributed by atoms with Crippen molar-refractivity contribution in [1.82, 2.24) is 0 Å². The molecule has 3 aromatic carbocycles. The molecule has 1 nitrogen and oxygen atoms in total. The molecule has 0 amide bonds. The number of aliphatic hydroxyl groups is 1. The van der Waals surface area contributed by atoms with E-state index in [-0.39, 0.29) is 0 Å². The van der Waals surface area contributed by atoms with Crippen LogP contribution in [0.15, 0.2) is 91.0 Å². The first-order chi connectivity index (χ1) is 11.2. The molecule has 0 saturated heterocycles. The first kappa shape index (κ1) is 15.9. The molecule has 23 heavy (non-hydrogen) atoms. The van der Waals surface area contributed by atoms with E-state index < -0.39 is 13.5 Å². The van der Waals surface area contributed by atoms with Crippen LogP contribution < -0.4 is 5.30 Å². The van der Waals surface area contributed by atoms with E-state index in [1.54, 1.807) is 0 Å². The lowest BCUT2D eigenvalue weighted by atomic mass is 9.88. The molecule has 2 heteroatoms. The number of benzene rings is 3. The van der Waals surface area contributed by atoms with Crippen LogP contribution in [0.5, 0.6) is 0 Å². The summed E-state index contributed by atoms with van der Waals surface area (Å²) in [5.41, 5.74) is 0.951. The summed E-state index contributed by atoms with van der Waals surface area (Å²) in [6, 6.07) is 30.5. The van der Waals surface area contributed by atoms with Gasteiger partial charge in [-0.25, -0.2) is 0 Å². The van der Waals surface area contributed by atoms with E-state index in [0.717, 1.165) is 11.1 Å². The third kappa shape index (κ3) is 3.52. The Bertz CT molecular complexity index is 686. The van der Waals surface area contributed by atoms with E-state index in [0.29, 0.717) is 6.16 Å². The zero-order valence-corrected chi connectivity index (χ0v) is 14.2. The summed E-state index contributed by atoms with van der Waals surface area (Å²) in [5.74, 6) is 0. The summed E-state index contributed by atoms with van der Waals surface area (Å²) >= 11 is 0. The predicted octanol–water partition coefficient (Wildman–Crippen LogP) is 4.36. The minimum absolute atomic E-state index is 0.461. The van der Waals surface area contributed by atoms with Crippen molar-refractivity contribution in [3.63, 3.8) is 0 Å². The number of hydrogen-bond acceptors (Lipinski definition) is 1. The maximum absolute atomic E-state index is 11.6. The molecule has 0 aliphatic carbocycles. The van der Waals surface area contributed by atoms with Gasteiger partial charge in [-0.15, -0.1) is 0 Å². The molecule has 0 bridgehead atoms. The zero-order valence-electron chi connectivity index (χ0n) is 13.3. The molecule has 0 fully saturated rings.